The standard InChI is InChI=1S/C12H13F3N2O/c13-12(14,15)10-4-9(1-2-17-10)18-11-7-3-8(11)6-16-5-7/h1-2,4,7-8,11,16H,3,5-6H2/t7-,8+,11?. The molecule has 6 heteroatoms. The van der Waals surface area contributed by atoms with E-state index in [0.717, 1.165) is 31.8 Å². The van der Waals surface area contributed by atoms with E-state index in [2.05, 4.69) is 10.3 Å². The number of aromatic nitrogens is 1. The lowest BCUT2D eigenvalue weighted by Gasteiger charge is -2.49. The molecule has 1 unspecified atom stereocenters. The molecule has 2 fully saturated rings. The predicted octanol–water partition coefficient (Wildman–Crippen LogP) is 2.09. The van der Waals surface area contributed by atoms with Crippen LogP contribution in [0.25, 0.3) is 0 Å². The molecule has 1 aliphatic heterocycles. The number of nitrogens with zero attached hydrogens (tertiary/aromatic N) is 1. The number of hydrogen-bond donors (Lipinski definition) is 1. The SMILES string of the molecule is FC(F)(F)c1cc(OC2[C@@H]3CNC[C@H]2C3)ccn1. The summed E-state index contributed by atoms with van der Waals surface area (Å²) in [7, 11) is 0. The van der Waals surface area contributed by atoms with Gasteiger partial charge in [0.2, 0.25) is 0 Å². The van der Waals surface area contributed by atoms with Gasteiger partial charge in [0.25, 0.3) is 0 Å². The summed E-state index contributed by atoms with van der Waals surface area (Å²) in [6.07, 6.45) is -2.12. The Kier molecular flexibility index (Phi) is 2.69. The number of ether oxygens (including phenoxy) is 1. The van der Waals surface area contributed by atoms with Crippen molar-refractivity contribution in [1.29, 1.82) is 0 Å². The van der Waals surface area contributed by atoms with Crippen LogP contribution in [-0.2, 0) is 6.18 Å². The average Bonchev–Trinajstić information content (AvgIpc) is 2.36. The fraction of sp³-hybridized carbons (Fsp3) is 0.583. The molecule has 1 saturated carbocycles. The molecule has 0 aromatic carbocycles. The van der Waals surface area contributed by atoms with Crippen molar-refractivity contribution in [3.63, 3.8) is 0 Å². The van der Waals surface area contributed by atoms with Crippen LogP contribution in [0.15, 0.2) is 18.3 Å². The second-order valence-electron chi connectivity index (χ2n) is 4.87. The molecule has 3 rings (SSSR count). The molecule has 1 N–H and O–H groups in total. The molecule has 1 aromatic heterocycles. The molecule has 2 heterocycles. The maximum absolute atomic E-state index is 12.5. The van der Waals surface area contributed by atoms with Gasteiger partial charge in [0.05, 0.1) is 0 Å². The molecule has 98 valence electrons. The largest absolute Gasteiger partial charge is 0.490 e. The number of piperidine rings is 2. The monoisotopic (exact) mass is 258 g/mol. The number of rotatable bonds is 2. The number of nitrogens with one attached hydrogen (secondary N) is 1. The molecule has 2 bridgehead atoms. The van der Waals surface area contributed by atoms with E-state index in [-0.39, 0.29) is 11.9 Å². The van der Waals surface area contributed by atoms with E-state index < -0.39 is 11.9 Å². The minimum Gasteiger partial charge on any atom is -0.490 e. The first-order chi connectivity index (χ1) is 8.54. The summed E-state index contributed by atoms with van der Waals surface area (Å²) in [5, 5.41) is 3.26. The zero-order chi connectivity index (χ0) is 12.8. The molecule has 0 spiro atoms. The highest BCUT2D eigenvalue weighted by molar-refractivity contribution is 5.25. The van der Waals surface area contributed by atoms with Gasteiger partial charge in [-0.25, -0.2) is 0 Å². The van der Waals surface area contributed by atoms with Crippen LogP contribution in [0.3, 0.4) is 0 Å². The smallest absolute Gasteiger partial charge is 0.433 e. The van der Waals surface area contributed by atoms with Crippen LogP contribution in [0.4, 0.5) is 13.2 Å². The fourth-order valence-electron chi connectivity index (χ4n) is 2.69. The highest BCUT2D eigenvalue weighted by Crippen LogP contribution is 2.40. The van der Waals surface area contributed by atoms with Crippen molar-refractivity contribution in [2.75, 3.05) is 13.1 Å². The van der Waals surface area contributed by atoms with E-state index in [0.29, 0.717) is 11.8 Å². The lowest BCUT2D eigenvalue weighted by atomic mass is 9.69. The van der Waals surface area contributed by atoms with Gasteiger partial charge < -0.3 is 10.1 Å². The molecular formula is C12H13F3N2O. The van der Waals surface area contributed by atoms with Gasteiger partial charge in [-0.15, -0.1) is 0 Å². The molecule has 1 saturated heterocycles. The Labute approximate surface area is 102 Å². The number of fused-ring (bicyclic) bond motifs is 2. The Balaban J connectivity index is 1.73. The Bertz CT molecular complexity index is 435. The summed E-state index contributed by atoms with van der Waals surface area (Å²) in [4.78, 5) is 3.32. The van der Waals surface area contributed by atoms with E-state index in [4.69, 9.17) is 4.74 Å². The minimum absolute atomic E-state index is 0.0507. The van der Waals surface area contributed by atoms with E-state index in [1.165, 1.54) is 6.07 Å². The molecule has 3 atom stereocenters. The number of pyridine rings is 1. The Hall–Kier alpha value is -1.30. The first-order valence-electron chi connectivity index (χ1n) is 5.94. The van der Waals surface area contributed by atoms with Crippen molar-refractivity contribution in [3.05, 3.63) is 24.0 Å². The maximum atomic E-state index is 12.5. The Morgan fingerprint density at radius 1 is 1.28 bits per heavy atom. The third-order valence-electron chi connectivity index (χ3n) is 3.64. The van der Waals surface area contributed by atoms with E-state index >= 15 is 0 Å². The first-order valence-corrected chi connectivity index (χ1v) is 5.94. The third kappa shape index (κ3) is 2.05. The third-order valence-corrected chi connectivity index (χ3v) is 3.64. The van der Waals surface area contributed by atoms with Crippen molar-refractivity contribution in [2.45, 2.75) is 18.7 Å². The number of alkyl halides is 3. The first kappa shape index (κ1) is 11.8. The summed E-state index contributed by atoms with van der Waals surface area (Å²) in [5.74, 6) is 1.11. The molecule has 18 heavy (non-hydrogen) atoms. The van der Waals surface area contributed by atoms with Crippen LogP contribution in [0, 0.1) is 11.8 Å². The zero-order valence-electron chi connectivity index (χ0n) is 9.57. The fourth-order valence-corrected chi connectivity index (χ4v) is 2.69. The van der Waals surface area contributed by atoms with E-state index in [9.17, 15) is 13.2 Å². The Morgan fingerprint density at radius 2 is 2.00 bits per heavy atom. The second-order valence-corrected chi connectivity index (χ2v) is 4.87. The molecule has 1 aromatic rings. The molecule has 0 radical (unpaired) electrons. The summed E-state index contributed by atoms with van der Waals surface area (Å²) in [5.41, 5.74) is -0.900. The van der Waals surface area contributed by atoms with Gasteiger partial charge >= 0.3 is 6.18 Å². The van der Waals surface area contributed by atoms with Crippen molar-refractivity contribution in [3.8, 4) is 5.75 Å². The van der Waals surface area contributed by atoms with Crippen molar-refractivity contribution in [1.82, 2.24) is 10.3 Å². The Morgan fingerprint density at radius 3 is 2.61 bits per heavy atom. The van der Waals surface area contributed by atoms with Gasteiger partial charge in [0, 0.05) is 37.2 Å². The van der Waals surface area contributed by atoms with Crippen molar-refractivity contribution in [2.24, 2.45) is 11.8 Å². The maximum Gasteiger partial charge on any atom is 0.433 e. The second kappa shape index (κ2) is 4.12. The summed E-state index contributed by atoms with van der Waals surface area (Å²) in [6.45, 7) is 1.77. The normalized spacial score (nSPS) is 30.7. The molecule has 0 amide bonds. The van der Waals surface area contributed by atoms with Gasteiger partial charge in [0.15, 0.2) is 0 Å². The average molecular weight is 258 g/mol. The summed E-state index contributed by atoms with van der Waals surface area (Å²) in [6, 6.07) is 2.46. The van der Waals surface area contributed by atoms with Crippen LogP contribution in [-0.4, -0.2) is 24.2 Å². The van der Waals surface area contributed by atoms with Crippen LogP contribution in [0.2, 0.25) is 0 Å². The lowest BCUT2D eigenvalue weighted by Crippen LogP contribution is -2.59. The van der Waals surface area contributed by atoms with Gasteiger partial charge in [-0.1, -0.05) is 0 Å². The summed E-state index contributed by atoms with van der Waals surface area (Å²) < 4.78 is 43.2. The van der Waals surface area contributed by atoms with Gasteiger partial charge in [-0.3, -0.25) is 4.98 Å². The lowest BCUT2D eigenvalue weighted by molar-refractivity contribution is -0.141. The molecule has 3 nitrogen and oxygen atoms in total. The van der Waals surface area contributed by atoms with E-state index in [1.54, 1.807) is 0 Å². The highest BCUT2D eigenvalue weighted by Gasteiger charge is 2.45. The van der Waals surface area contributed by atoms with Crippen LogP contribution >= 0.6 is 0 Å². The van der Waals surface area contributed by atoms with Crippen LogP contribution < -0.4 is 10.1 Å². The predicted molar refractivity (Wildman–Crippen MR) is 58.1 cm³/mol. The molecular weight excluding hydrogens is 245 g/mol. The zero-order valence-corrected chi connectivity index (χ0v) is 9.57. The highest BCUT2D eigenvalue weighted by atomic mass is 19.4. The molecule has 2 aliphatic rings. The van der Waals surface area contributed by atoms with Gasteiger partial charge in [-0.05, 0) is 12.5 Å². The topological polar surface area (TPSA) is 34.1 Å². The quantitative estimate of drug-likeness (QED) is 0.882. The van der Waals surface area contributed by atoms with Crippen LogP contribution in [0.5, 0.6) is 5.75 Å². The summed E-state index contributed by atoms with van der Waals surface area (Å²) >= 11 is 0. The van der Waals surface area contributed by atoms with Gasteiger partial charge in [0.1, 0.15) is 17.5 Å². The van der Waals surface area contributed by atoms with Crippen molar-refractivity contribution >= 4 is 0 Å². The van der Waals surface area contributed by atoms with E-state index in [1.807, 2.05) is 0 Å². The number of hydrogen-bond acceptors (Lipinski definition) is 3. The van der Waals surface area contributed by atoms with Crippen LogP contribution in [0.1, 0.15) is 12.1 Å². The molecule has 1 aliphatic carbocycles. The number of halogens is 3. The minimum atomic E-state index is -4.42. The van der Waals surface area contributed by atoms with Gasteiger partial charge in [-0.2, -0.15) is 13.2 Å². The van der Waals surface area contributed by atoms with Crippen molar-refractivity contribution < 1.29 is 17.9 Å².